The molecule has 0 aliphatic carbocycles. The van der Waals surface area contributed by atoms with E-state index < -0.39 is 55.0 Å². The first-order chi connectivity index (χ1) is 11.8. The summed E-state index contributed by atoms with van der Waals surface area (Å²) in [5.41, 5.74) is -0.219. The molecule has 0 saturated carbocycles. The van der Waals surface area contributed by atoms with Crippen molar-refractivity contribution < 1.29 is 43.0 Å². The predicted octanol–water partition coefficient (Wildman–Crippen LogP) is -3.35. The molecule has 1 aliphatic rings. The lowest BCUT2D eigenvalue weighted by molar-refractivity contribution is 0.202. The molecule has 1 aliphatic heterocycles. The van der Waals surface area contributed by atoms with Gasteiger partial charge in [-0.1, -0.05) is 0 Å². The second kappa shape index (κ2) is 5.99. The van der Waals surface area contributed by atoms with E-state index in [4.69, 9.17) is 9.31 Å². The van der Waals surface area contributed by atoms with Gasteiger partial charge in [0.25, 0.3) is 0 Å². The molecular weight excluding hydrogens is 447 g/mol. The standard InChI is InChI=1S/C10H17BN2O10S4/c1-13-7-6-8(12-13)11-22-9(24(2,14)15,25(3,16)17)10(23-11,26(4,18)19)27(5,20)21/h6-7H,1-5H3. The first-order valence-electron chi connectivity index (χ1n) is 6.95. The molecule has 2 rings (SSSR count). The zero-order valence-corrected chi connectivity index (χ0v) is 18.1. The van der Waals surface area contributed by atoms with Gasteiger partial charge in [-0.25, -0.2) is 33.7 Å². The summed E-state index contributed by atoms with van der Waals surface area (Å²) in [6.45, 7) is 0. The average Bonchev–Trinajstić information content (AvgIpc) is 2.97. The molecule has 154 valence electrons. The first-order valence-corrected chi connectivity index (χ1v) is 14.5. The highest BCUT2D eigenvalue weighted by Gasteiger charge is 2.83. The monoisotopic (exact) mass is 464 g/mol. The third-order valence-electron chi connectivity index (χ3n) is 3.83. The van der Waals surface area contributed by atoms with Crippen molar-refractivity contribution >= 4 is 52.1 Å². The van der Waals surface area contributed by atoms with E-state index in [-0.39, 0.29) is 5.59 Å². The largest absolute Gasteiger partial charge is 0.519 e. The van der Waals surface area contributed by atoms with Crippen molar-refractivity contribution in [3.05, 3.63) is 12.3 Å². The van der Waals surface area contributed by atoms with E-state index in [9.17, 15) is 33.7 Å². The van der Waals surface area contributed by atoms with Crippen molar-refractivity contribution in [3.63, 3.8) is 0 Å². The molecule has 1 fully saturated rings. The van der Waals surface area contributed by atoms with Crippen LogP contribution in [0.5, 0.6) is 0 Å². The second-order valence-corrected chi connectivity index (χ2v) is 15.2. The zero-order valence-electron chi connectivity index (χ0n) is 14.8. The van der Waals surface area contributed by atoms with Crippen LogP contribution in [0.25, 0.3) is 0 Å². The van der Waals surface area contributed by atoms with Gasteiger partial charge in [0.15, 0.2) is 39.3 Å². The van der Waals surface area contributed by atoms with Crippen molar-refractivity contribution in [2.24, 2.45) is 7.05 Å². The fourth-order valence-electron chi connectivity index (χ4n) is 2.94. The molecule has 27 heavy (non-hydrogen) atoms. The minimum Gasteiger partial charge on any atom is -0.371 e. The van der Waals surface area contributed by atoms with E-state index in [1.54, 1.807) is 0 Å². The van der Waals surface area contributed by atoms with Crippen LogP contribution in [0, 0.1) is 0 Å². The van der Waals surface area contributed by atoms with Crippen molar-refractivity contribution in [2.45, 2.75) is 8.53 Å². The molecule has 0 atom stereocenters. The van der Waals surface area contributed by atoms with Gasteiger partial charge in [0.1, 0.15) is 0 Å². The van der Waals surface area contributed by atoms with Gasteiger partial charge in [0.2, 0.25) is 0 Å². The van der Waals surface area contributed by atoms with Crippen molar-refractivity contribution in [1.29, 1.82) is 0 Å². The Morgan fingerprint density at radius 1 is 0.815 bits per heavy atom. The fourth-order valence-corrected chi connectivity index (χ4v) is 14.0. The van der Waals surface area contributed by atoms with Crippen molar-refractivity contribution in [1.82, 2.24) is 9.78 Å². The summed E-state index contributed by atoms with van der Waals surface area (Å²) in [5, 5.41) is 3.84. The summed E-state index contributed by atoms with van der Waals surface area (Å²) in [6, 6.07) is 1.22. The van der Waals surface area contributed by atoms with Crippen LogP contribution < -0.4 is 5.59 Å². The van der Waals surface area contributed by atoms with Crippen LogP contribution in [-0.2, 0) is 55.7 Å². The molecule has 2 heterocycles. The highest BCUT2D eigenvalue weighted by atomic mass is 32.3. The fraction of sp³-hybridized carbons (Fsp3) is 0.700. The van der Waals surface area contributed by atoms with Crippen molar-refractivity contribution in [2.75, 3.05) is 25.0 Å². The highest BCUT2D eigenvalue weighted by molar-refractivity contribution is 8.16. The molecule has 0 spiro atoms. The van der Waals surface area contributed by atoms with E-state index in [1.165, 1.54) is 24.0 Å². The van der Waals surface area contributed by atoms with Gasteiger partial charge in [-0.2, -0.15) is 5.10 Å². The maximum atomic E-state index is 12.6. The number of sulfone groups is 4. The van der Waals surface area contributed by atoms with E-state index >= 15 is 0 Å². The molecule has 1 saturated heterocycles. The molecule has 0 unspecified atom stereocenters. The number of hydrogen-bond acceptors (Lipinski definition) is 11. The number of aryl methyl sites for hydroxylation is 1. The van der Waals surface area contributed by atoms with Crippen LogP contribution in [0.15, 0.2) is 12.3 Å². The Morgan fingerprint density at radius 2 is 1.15 bits per heavy atom. The number of aromatic nitrogens is 2. The quantitative estimate of drug-likeness (QED) is 0.398. The number of rotatable bonds is 5. The smallest absolute Gasteiger partial charge is 0.371 e. The summed E-state index contributed by atoms with van der Waals surface area (Å²) >= 11 is 0. The van der Waals surface area contributed by atoms with Gasteiger partial charge >= 0.3 is 15.6 Å². The van der Waals surface area contributed by atoms with E-state index in [0.717, 1.165) is 0 Å². The molecule has 1 aromatic heterocycles. The summed E-state index contributed by atoms with van der Waals surface area (Å²) in [4.78, 5) is 0. The average molecular weight is 464 g/mol. The topological polar surface area (TPSA) is 173 Å². The van der Waals surface area contributed by atoms with Crippen LogP contribution in [0.2, 0.25) is 0 Å². The van der Waals surface area contributed by atoms with Gasteiger partial charge < -0.3 is 9.31 Å². The lowest BCUT2D eigenvalue weighted by Crippen LogP contribution is -2.67. The van der Waals surface area contributed by atoms with Crippen LogP contribution in [0.1, 0.15) is 0 Å². The Kier molecular flexibility index (Phi) is 4.95. The van der Waals surface area contributed by atoms with E-state index in [2.05, 4.69) is 5.10 Å². The summed E-state index contributed by atoms with van der Waals surface area (Å²) in [6.07, 6.45) is 2.75. The van der Waals surface area contributed by atoms with Gasteiger partial charge in [-0.3, -0.25) is 4.68 Å². The number of nitrogens with zero attached hydrogens (tertiary/aromatic N) is 2. The minimum absolute atomic E-state index is 0.219. The molecule has 0 radical (unpaired) electrons. The summed E-state index contributed by atoms with van der Waals surface area (Å²) < 4.78 is 104. The predicted molar refractivity (Wildman–Crippen MR) is 95.6 cm³/mol. The van der Waals surface area contributed by atoms with Crippen LogP contribution in [-0.4, -0.2) is 84.1 Å². The summed E-state index contributed by atoms with van der Waals surface area (Å²) in [7, 11) is -20.8. The molecule has 0 bridgehead atoms. The lowest BCUT2D eigenvalue weighted by Gasteiger charge is -2.37. The van der Waals surface area contributed by atoms with E-state index in [1.807, 2.05) is 0 Å². The Hall–Kier alpha value is -1.01. The third kappa shape index (κ3) is 2.94. The molecule has 17 heteroatoms. The van der Waals surface area contributed by atoms with Crippen LogP contribution in [0.3, 0.4) is 0 Å². The van der Waals surface area contributed by atoms with Gasteiger partial charge in [0.05, 0.1) is 5.59 Å². The molecule has 0 aromatic carbocycles. The highest BCUT2D eigenvalue weighted by Crippen LogP contribution is 2.51. The minimum atomic E-state index is -5.06. The Morgan fingerprint density at radius 3 is 1.37 bits per heavy atom. The normalized spacial score (nSPS) is 20.7. The second-order valence-electron chi connectivity index (χ2n) is 6.18. The van der Waals surface area contributed by atoms with Crippen LogP contribution >= 0.6 is 0 Å². The number of hydrogen-bond donors (Lipinski definition) is 0. The van der Waals surface area contributed by atoms with E-state index in [0.29, 0.717) is 25.0 Å². The Labute approximate surface area is 157 Å². The first kappa shape index (κ1) is 22.3. The molecule has 12 nitrogen and oxygen atoms in total. The lowest BCUT2D eigenvalue weighted by atomic mass is 9.86. The molecule has 1 aromatic rings. The molecule has 0 N–H and O–H groups in total. The Balaban J connectivity index is 3.10. The SMILES string of the molecule is Cn1ccc(B2OC(S(C)(=O)=O)(S(C)(=O)=O)C(S(C)(=O)=O)(S(C)(=O)=O)O2)n1. The van der Waals surface area contributed by atoms with Gasteiger partial charge in [0, 0.05) is 38.3 Å². The zero-order chi connectivity index (χ0) is 21.3. The molecular formula is C10H17BN2O10S4. The van der Waals surface area contributed by atoms with Gasteiger partial charge in [-0.05, 0) is 6.07 Å². The summed E-state index contributed by atoms with van der Waals surface area (Å²) in [5.74, 6) is 0. The Bertz CT molecular complexity index is 1060. The van der Waals surface area contributed by atoms with Gasteiger partial charge in [-0.15, -0.1) is 0 Å². The van der Waals surface area contributed by atoms with Crippen molar-refractivity contribution in [3.8, 4) is 0 Å². The maximum absolute atomic E-state index is 12.6. The molecule has 0 amide bonds. The van der Waals surface area contributed by atoms with Crippen LogP contribution in [0.4, 0.5) is 0 Å². The third-order valence-corrected chi connectivity index (χ3v) is 13.4. The maximum Gasteiger partial charge on any atom is 0.519 e.